The SMILES string of the molecule is COC(=N)CCSSC(=O)C1=CCC(=[N+]=[N-])C=C1. The Morgan fingerprint density at radius 2 is 2.39 bits per heavy atom. The molecule has 18 heavy (non-hydrogen) atoms. The Labute approximate surface area is 113 Å². The molecule has 5 nitrogen and oxygen atoms in total. The Hall–Kier alpha value is -1.30. The third-order valence-corrected chi connectivity index (χ3v) is 4.33. The monoisotopic (exact) mass is 283 g/mol. The van der Waals surface area contributed by atoms with Gasteiger partial charge >= 0.3 is 0 Å². The van der Waals surface area contributed by atoms with E-state index in [2.05, 4.69) is 4.79 Å². The molecule has 0 bridgehead atoms. The largest absolute Gasteiger partial charge is 0.484 e. The van der Waals surface area contributed by atoms with Gasteiger partial charge in [0.2, 0.25) is 5.12 Å². The van der Waals surface area contributed by atoms with E-state index in [1.165, 1.54) is 17.9 Å². The lowest BCUT2D eigenvalue weighted by Crippen LogP contribution is -2.03. The quantitative estimate of drug-likeness (QED) is 0.210. The van der Waals surface area contributed by atoms with Crippen molar-refractivity contribution in [2.24, 2.45) is 0 Å². The van der Waals surface area contributed by atoms with Gasteiger partial charge < -0.3 is 10.3 Å². The summed E-state index contributed by atoms with van der Waals surface area (Å²) in [6.45, 7) is 0. The van der Waals surface area contributed by atoms with Crippen molar-refractivity contribution in [2.45, 2.75) is 12.8 Å². The van der Waals surface area contributed by atoms with Gasteiger partial charge in [0.05, 0.1) is 13.5 Å². The maximum Gasteiger partial charge on any atom is 0.295 e. The standard InChI is InChI=1S/C11H13N3O2S2/c1-16-10(12)6-7-17-18-11(15)8-2-4-9(14-13)5-3-8/h2-4,12H,5-7H2,1H3. The maximum absolute atomic E-state index is 11.7. The van der Waals surface area contributed by atoms with Gasteiger partial charge in [0, 0.05) is 23.8 Å². The molecule has 0 radical (unpaired) electrons. The molecule has 96 valence electrons. The van der Waals surface area contributed by atoms with Crippen molar-refractivity contribution in [2.75, 3.05) is 12.9 Å². The molecule has 0 aromatic rings. The fourth-order valence-electron chi connectivity index (χ4n) is 1.14. The number of hydrogen-bond acceptors (Lipinski definition) is 5. The number of hydrogen-bond donors (Lipinski definition) is 1. The van der Waals surface area contributed by atoms with Crippen LogP contribution in [0, 0.1) is 5.41 Å². The van der Waals surface area contributed by atoms with E-state index in [0.29, 0.717) is 29.9 Å². The number of nitrogens with zero attached hydrogens (tertiary/aromatic N) is 2. The zero-order valence-electron chi connectivity index (χ0n) is 9.88. The minimum Gasteiger partial charge on any atom is -0.484 e. The molecule has 7 heteroatoms. The van der Waals surface area contributed by atoms with E-state index in [0.717, 1.165) is 10.8 Å². The normalized spacial score (nSPS) is 13.8. The molecule has 0 saturated carbocycles. The second kappa shape index (κ2) is 7.92. The van der Waals surface area contributed by atoms with Crippen LogP contribution in [0.2, 0.25) is 0 Å². The molecule has 0 aromatic heterocycles. The highest BCUT2D eigenvalue weighted by Gasteiger charge is 2.14. The van der Waals surface area contributed by atoms with Crippen molar-refractivity contribution in [1.29, 1.82) is 5.41 Å². The lowest BCUT2D eigenvalue weighted by atomic mass is 10.1. The van der Waals surface area contributed by atoms with Gasteiger partial charge in [-0.25, -0.2) is 0 Å². The molecule has 1 rings (SSSR count). The smallest absolute Gasteiger partial charge is 0.295 e. The molecule has 0 heterocycles. The summed E-state index contributed by atoms with van der Waals surface area (Å²) in [4.78, 5) is 14.8. The average molecular weight is 283 g/mol. The number of allylic oxidation sites excluding steroid dienone is 3. The summed E-state index contributed by atoms with van der Waals surface area (Å²) in [7, 11) is 4.01. The number of carbonyl (C=O) groups is 1. The highest BCUT2D eigenvalue weighted by Crippen LogP contribution is 2.27. The second-order valence-electron chi connectivity index (χ2n) is 3.36. The fourth-order valence-corrected chi connectivity index (χ4v) is 2.96. The van der Waals surface area contributed by atoms with Gasteiger partial charge in [-0.05, 0) is 16.9 Å². The van der Waals surface area contributed by atoms with E-state index < -0.39 is 0 Å². The maximum atomic E-state index is 11.7. The number of rotatable bonds is 5. The molecule has 0 atom stereocenters. The van der Waals surface area contributed by atoms with E-state index in [1.807, 2.05) is 0 Å². The van der Waals surface area contributed by atoms with Crippen molar-refractivity contribution >= 4 is 38.3 Å². The van der Waals surface area contributed by atoms with Gasteiger partial charge in [0.1, 0.15) is 0 Å². The van der Waals surface area contributed by atoms with Crippen molar-refractivity contribution < 1.29 is 14.3 Å². The topological polar surface area (TPSA) is 86.5 Å². The van der Waals surface area contributed by atoms with E-state index in [1.54, 1.807) is 18.2 Å². The Morgan fingerprint density at radius 1 is 1.61 bits per heavy atom. The first-order chi connectivity index (χ1) is 8.67. The van der Waals surface area contributed by atoms with Gasteiger partial charge in [-0.2, -0.15) is 4.79 Å². The summed E-state index contributed by atoms with van der Waals surface area (Å²) in [5.41, 5.74) is 9.70. The molecular formula is C11H13N3O2S2. The Bertz CT molecular complexity index is 451. The molecule has 1 aliphatic rings. The Morgan fingerprint density at radius 3 is 2.94 bits per heavy atom. The van der Waals surface area contributed by atoms with Crippen molar-refractivity contribution in [1.82, 2.24) is 0 Å². The van der Waals surface area contributed by atoms with Crippen molar-refractivity contribution in [3.63, 3.8) is 0 Å². The first kappa shape index (κ1) is 14.8. The van der Waals surface area contributed by atoms with Crippen LogP contribution in [0.3, 0.4) is 0 Å². The molecule has 0 fully saturated rings. The molecule has 0 unspecified atom stereocenters. The first-order valence-electron chi connectivity index (χ1n) is 5.21. The third-order valence-electron chi connectivity index (χ3n) is 2.14. The Balaban J connectivity index is 2.30. The van der Waals surface area contributed by atoms with Crippen molar-refractivity contribution in [3.8, 4) is 0 Å². The second-order valence-corrected chi connectivity index (χ2v) is 5.75. The Kier molecular flexibility index (Phi) is 6.49. The van der Waals surface area contributed by atoms with Crippen LogP contribution in [0.5, 0.6) is 0 Å². The van der Waals surface area contributed by atoms with Gasteiger partial charge in [-0.3, -0.25) is 10.2 Å². The zero-order chi connectivity index (χ0) is 13.4. The molecule has 0 spiro atoms. The predicted molar refractivity (Wildman–Crippen MR) is 74.9 cm³/mol. The first-order valence-corrected chi connectivity index (χ1v) is 7.53. The summed E-state index contributed by atoms with van der Waals surface area (Å²) >= 11 is 0. The third kappa shape index (κ3) is 4.91. The van der Waals surface area contributed by atoms with Crippen LogP contribution in [-0.2, 0) is 9.53 Å². The summed E-state index contributed by atoms with van der Waals surface area (Å²) in [5.74, 6) is 0.875. The minimum absolute atomic E-state index is 0.0304. The predicted octanol–water partition coefficient (Wildman–Crippen LogP) is 2.47. The summed E-state index contributed by atoms with van der Waals surface area (Å²) < 4.78 is 4.71. The highest BCUT2D eigenvalue weighted by molar-refractivity contribution is 8.82. The van der Waals surface area contributed by atoms with Crippen molar-refractivity contribution in [3.05, 3.63) is 29.3 Å². The molecule has 1 aliphatic carbocycles. The molecule has 0 saturated heterocycles. The van der Waals surface area contributed by atoms with Crippen LogP contribution in [0.15, 0.2) is 23.8 Å². The van der Waals surface area contributed by atoms with Crippen LogP contribution in [0.4, 0.5) is 0 Å². The number of methoxy groups -OCH3 is 1. The molecule has 0 aromatic carbocycles. The molecule has 0 aliphatic heterocycles. The lowest BCUT2D eigenvalue weighted by molar-refractivity contribution is -0.107. The van der Waals surface area contributed by atoms with E-state index in [4.69, 9.17) is 15.7 Å². The van der Waals surface area contributed by atoms with Gasteiger partial charge in [-0.1, -0.05) is 16.9 Å². The zero-order valence-corrected chi connectivity index (χ0v) is 11.5. The summed E-state index contributed by atoms with van der Waals surface area (Å²) in [6, 6.07) is 0. The molecular weight excluding hydrogens is 270 g/mol. The molecule has 0 amide bonds. The van der Waals surface area contributed by atoms with Crippen LogP contribution < -0.4 is 0 Å². The van der Waals surface area contributed by atoms with Gasteiger partial charge in [-0.15, -0.1) is 0 Å². The summed E-state index contributed by atoms with van der Waals surface area (Å²) in [6.07, 6.45) is 5.98. The number of ether oxygens (including phenoxy) is 1. The average Bonchev–Trinajstić information content (AvgIpc) is 2.43. The van der Waals surface area contributed by atoms with E-state index in [-0.39, 0.29) is 11.0 Å². The minimum atomic E-state index is -0.0304. The number of nitrogens with one attached hydrogen (secondary N) is 1. The lowest BCUT2D eigenvalue weighted by Gasteiger charge is -2.04. The van der Waals surface area contributed by atoms with Crippen LogP contribution >= 0.6 is 21.6 Å². The molecule has 1 N–H and O–H groups in total. The summed E-state index contributed by atoms with van der Waals surface area (Å²) in [5, 5.41) is 7.24. The van der Waals surface area contributed by atoms with Crippen LogP contribution in [-0.4, -0.2) is 34.4 Å². The fraction of sp³-hybridized carbons (Fsp3) is 0.364. The van der Waals surface area contributed by atoms with Crippen LogP contribution in [0.25, 0.3) is 5.53 Å². The highest BCUT2D eigenvalue weighted by atomic mass is 33.1. The van der Waals surface area contributed by atoms with E-state index >= 15 is 0 Å². The van der Waals surface area contributed by atoms with Gasteiger partial charge in [0.25, 0.3) is 5.71 Å². The number of carbonyl (C=O) groups excluding carboxylic acids is 1. The van der Waals surface area contributed by atoms with Crippen LogP contribution in [0.1, 0.15) is 12.8 Å². The van der Waals surface area contributed by atoms with E-state index in [9.17, 15) is 4.79 Å². The van der Waals surface area contributed by atoms with Gasteiger partial charge in [0.15, 0.2) is 5.90 Å².